The van der Waals surface area contributed by atoms with Crippen molar-refractivity contribution in [1.82, 2.24) is 0 Å². The lowest BCUT2D eigenvalue weighted by Crippen LogP contribution is -2.23. The van der Waals surface area contributed by atoms with Gasteiger partial charge in [0, 0.05) is 0 Å². The summed E-state index contributed by atoms with van der Waals surface area (Å²) in [5.74, 6) is 0. The summed E-state index contributed by atoms with van der Waals surface area (Å²) in [6, 6.07) is 0. The lowest BCUT2D eigenvalue weighted by Gasteiger charge is -2.28. The molecule has 0 fully saturated rings. The van der Waals surface area contributed by atoms with Crippen LogP contribution in [-0.2, 0) is 0 Å². The van der Waals surface area contributed by atoms with E-state index in [4.69, 9.17) is 0 Å². The molecule has 1 nitrogen and oxygen atoms in total. The molecule has 7 heavy (non-hydrogen) atoms. The fourth-order valence-electron chi connectivity index (χ4n) is 0.747. The van der Waals surface area contributed by atoms with E-state index in [1.54, 1.807) is 0 Å². The molecule has 0 spiro atoms. The standard InChI is InChI=1S/C5H9NS/c1-4-6-5(2,3)7-4/h1-3H3. The maximum atomic E-state index is 4.23. The number of aliphatic imine (C=N–C) groups is 1. The van der Waals surface area contributed by atoms with E-state index in [1.807, 2.05) is 18.7 Å². The Morgan fingerprint density at radius 2 is 2.00 bits per heavy atom. The van der Waals surface area contributed by atoms with Gasteiger partial charge in [-0.1, -0.05) is 11.8 Å². The Bertz CT molecular complexity index is 115. The molecule has 40 valence electrons. The first-order valence-electron chi connectivity index (χ1n) is 2.36. The molecule has 1 aliphatic heterocycles. The van der Waals surface area contributed by atoms with Gasteiger partial charge in [-0.25, -0.2) is 0 Å². The third-order valence-corrected chi connectivity index (χ3v) is 1.80. The molecule has 1 rings (SSSR count). The van der Waals surface area contributed by atoms with Crippen molar-refractivity contribution in [3.8, 4) is 0 Å². The van der Waals surface area contributed by atoms with E-state index in [0.29, 0.717) is 0 Å². The van der Waals surface area contributed by atoms with Crippen LogP contribution in [-0.4, -0.2) is 9.91 Å². The maximum Gasteiger partial charge on any atom is 0.107 e. The van der Waals surface area contributed by atoms with Gasteiger partial charge in [0.2, 0.25) is 0 Å². The molecule has 1 heterocycles. The summed E-state index contributed by atoms with van der Waals surface area (Å²) in [5.41, 5.74) is 0. The molecule has 0 aromatic rings. The summed E-state index contributed by atoms with van der Waals surface area (Å²) in [7, 11) is 0. The summed E-state index contributed by atoms with van der Waals surface area (Å²) in [5, 5.41) is 1.21. The van der Waals surface area contributed by atoms with Gasteiger partial charge in [-0.05, 0) is 20.8 Å². The van der Waals surface area contributed by atoms with Crippen LogP contribution in [0.4, 0.5) is 0 Å². The SMILES string of the molecule is CC1=NC(C)(C)S1. The first-order valence-corrected chi connectivity index (χ1v) is 3.17. The monoisotopic (exact) mass is 115 g/mol. The van der Waals surface area contributed by atoms with Gasteiger partial charge in [0.05, 0.1) is 5.04 Å². The van der Waals surface area contributed by atoms with Crippen LogP contribution >= 0.6 is 11.8 Å². The van der Waals surface area contributed by atoms with Crippen molar-refractivity contribution in [2.24, 2.45) is 4.99 Å². The minimum atomic E-state index is 0.198. The van der Waals surface area contributed by atoms with Crippen LogP contribution < -0.4 is 0 Å². The average Bonchev–Trinajstić information content (AvgIpc) is 1.27. The Labute approximate surface area is 48.2 Å². The highest BCUT2D eigenvalue weighted by atomic mass is 32.2. The van der Waals surface area contributed by atoms with E-state index in [-0.39, 0.29) is 4.87 Å². The minimum Gasteiger partial charge on any atom is -0.266 e. The van der Waals surface area contributed by atoms with Crippen LogP contribution in [0.3, 0.4) is 0 Å². The molecule has 0 aromatic heterocycles. The summed E-state index contributed by atoms with van der Waals surface area (Å²) < 4.78 is 0. The van der Waals surface area contributed by atoms with Crippen molar-refractivity contribution < 1.29 is 0 Å². The summed E-state index contributed by atoms with van der Waals surface area (Å²) in [6.07, 6.45) is 0. The van der Waals surface area contributed by atoms with Gasteiger partial charge in [0.25, 0.3) is 0 Å². The Hall–Kier alpha value is 0.0200. The molecule has 0 N–H and O–H groups in total. The second-order valence-electron chi connectivity index (χ2n) is 2.18. The van der Waals surface area contributed by atoms with E-state index in [9.17, 15) is 0 Å². The van der Waals surface area contributed by atoms with E-state index >= 15 is 0 Å². The summed E-state index contributed by atoms with van der Waals surface area (Å²) >= 11 is 1.84. The highest BCUT2D eigenvalue weighted by molar-refractivity contribution is 8.16. The molecular weight excluding hydrogens is 106 g/mol. The number of hydrogen-bond acceptors (Lipinski definition) is 2. The second-order valence-corrected chi connectivity index (χ2v) is 3.97. The Morgan fingerprint density at radius 1 is 1.57 bits per heavy atom. The highest BCUT2D eigenvalue weighted by Crippen LogP contribution is 2.36. The van der Waals surface area contributed by atoms with Crippen LogP contribution in [0.25, 0.3) is 0 Å². The molecule has 0 aromatic carbocycles. The fraction of sp³-hybridized carbons (Fsp3) is 0.800. The number of rotatable bonds is 0. The Balaban J connectivity index is 2.60. The maximum absolute atomic E-state index is 4.23. The Kier molecular flexibility index (Phi) is 0.921. The van der Waals surface area contributed by atoms with Crippen LogP contribution in [0.2, 0.25) is 0 Å². The van der Waals surface area contributed by atoms with E-state index < -0.39 is 0 Å². The van der Waals surface area contributed by atoms with Crippen molar-refractivity contribution in [2.75, 3.05) is 0 Å². The first-order chi connectivity index (χ1) is 3.10. The molecule has 0 radical (unpaired) electrons. The average molecular weight is 115 g/mol. The predicted octanol–water partition coefficient (Wildman–Crippen LogP) is 1.89. The largest absolute Gasteiger partial charge is 0.266 e. The zero-order chi connectivity index (χ0) is 5.49. The molecule has 0 saturated carbocycles. The quantitative estimate of drug-likeness (QED) is 0.469. The third kappa shape index (κ3) is 0.969. The van der Waals surface area contributed by atoms with Crippen LogP contribution in [0.15, 0.2) is 4.99 Å². The van der Waals surface area contributed by atoms with Crippen molar-refractivity contribution in [3.05, 3.63) is 0 Å². The highest BCUT2D eigenvalue weighted by Gasteiger charge is 2.26. The fourth-order valence-corrected chi connectivity index (χ4v) is 1.79. The molecule has 0 atom stereocenters. The van der Waals surface area contributed by atoms with Gasteiger partial charge in [0.1, 0.15) is 4.87 Å². The molecule has 0 bridgehead atoms. The van der Waals surface area contributed by atoms with Gasteiger partial charge in [-0.2, -0.15) is 0 Å². The normalized spacial score (nSPS) is 25.9. The van der Waals surface area contributed by atoms with Crippen molar-refractivity contribution in [3.63, 3.8) is 0 Å². The first kappa shape index (κ1) is 5.16. The molecule has 1 aliphatic rings. The van der Waals surface area contributed by atoms with Gasteiger partial charge in [-0.3, -0.25) is 4.99 Å². The van der Waals surface area contributed by atoms with E-state index in [1.165, 1.54) is 5.04 Å². The topological polar surface area (TPSA) is 12.4 Å². The minimum absolute atomic E-state index is 0.198. The number of nitrogens with zero attached hydrogens (tertiary/aromatic N) is 1. The lowest BCUT2D eigenvalue weighted by atomic mass is 10.4. The smallest absolute Gasteiger partial charge is 0.107 e. The van der Waals surface area contributed by atoms with Gasteiger partial charge in [-0.15, -0.1) is 0 Å². The van der Waals surface area contributed by atoms with E-state index in [0.717, 1.165) is 0 Å². The number of hydrogen-bond donors (Lipinski definition) is 0. The van der Waals surface area contributed by atoms with Gasteiger partial charge >= 0.3 is 0 Å². The Morgan fingerprint density at radius 3 is 2.00 bits per heavy atom. The number of thioether (sulfide) groups is 1. The summed E-state index contributed by atoms with van der Waals surface area (Å²) in [4.78, 5) is 4.43. The molecule has 0 saturated heterocycles. The van der Waals surface area contributed by atoms with Crippen molar-refractivity contribution in [1.29, 1.82) is 0 Å². The zero-order valence-electron chi connectivity index (χ0n) is 4.86. The molecule has 2 heteroatoms. The molecule has 0 aliphatic carbocycles. The van der Waals surface area contributed by atoms with Crippen molar-refractivity contribution in [2.45, 2.75) is 25.6 Å². The van der Waals surface area contributed by atoms with Gasteiger partial charge < -0.3 is 0 Å². The second kappa shape index (κ2) is 1.25. The van der Waals surface area contributed by atoms with Crippen LogP contribution in [0.1, 0.15) is 20.8 Å². The lowest BCUT2D eigenvalue weighted by molar-refractivity contribution is 0.751. The zero-order valence-corrected chi connectivity index (χ0v) is 5.67. The van der Waals surface area contributed by atoms with Crippen molar-refractivity contribution >= 4 is 16.8 Å². The molecular formula is C5H9NS. The molecule has 0 amide bonds. The molecule has 0 unspecified atom stereocenters. The third-order valence-electron chi connectivity index (χ3n) is 0.824. The van der Waals surface area contributed by atoms with Gasteiger partial charge in [0.15, 0.2) is 0 Å². The predicted molar refractivity (Wildman–Crippen MR) is 34.8 cm³/mol. The summed E-state index contributed by atoms with van der Waals surface area (Å²) in [6.45, 7) is 6.27. The van der Waals surface area contributed by atoms with Crippen LogP contribution in [0, 0.1) is 0 Å². The van der Waals surface area contributed by atoms with Crippen LogP contribution in [0.5, 0.6) is 0 Å². The van der Waals surface area contributed by atoms with E-state index in [2.05, 4.69) is 18.8 Å².